The fraction of sp³-hybridized carbons (Fsp3) is 0.222. The van der Waals surface area contributed by atoms with E-state index >= 15 is 0 Å². The molecule has 0 saturated carbocycles. The number of carbonyl (C=O) groups is 2. The summed E-state index contributed by atoms with van der Waals surface area (Å²) in [6, 6.07) is 10.9. The van der Waals surface area contributed by atoms with Crippen LogP contribution in [0.1, 0.15) is 24.1 Å². The van der Waals surface area contributed by atoms with Gasteiger partial charge >= 0.3 is 12.0 Å². The predicted molar refractivity (Wildman–Crippen MR) is 92.3 cm³/mol. The molecule has 0 bridgehead atoms. The third-order valence-electron chi connectivity index (χ3n) is 4.06. The summed E-state index contributed by atoms with van der Waals surface area (Å²) in [4.78, 5) is 26.5. The van der Waals surface area contributed by atoms with Gasteiger partial charge in [-0.25, -0.2) is 9.59 Å². The van der Waals surface area contributed by atoms with E-state index in [-0.39, 0.29) is 6.03 Å². The molecule has 2 heterocycles. The molecule has 2 amide bonds. The lowest BCUT2D eigenvalue weighted by Crippen LogP contribution is -2.47. The average Bonchev–Trinajstić information content (AvgIpc) is 3.13. The van der Waals surface area contributed by atoms with Gasteiger partial charge in [0.05, 0.1) is 25.3 Å². The number of nitrogens with zero attached hydrogens (tertiary/aromatic N) is 1. The second kappa shape index (κ2) is 6.88. The lowest BCUT2D eigenvalue weighted by Gasteiger charge is -2.35. The Labute approximate surface area is 144 Å². The molecule has 1 aliphatic rings. The van der Waals surface area contributed by atoms with Gasteiger partial charge in [-0.3, -0.25) is 4.90 Å². The lowest BCUT2D eigenvalue weighted by atomic mass is 9.97. The van der Waals surface area contributed by atoms with Crippen LogP contribution in [-0.2, 0) is 16.1 Å². The van der Waals surface area contributed by atoms with Crippen molar-refractivity contribution >= 4 is 23.3 Å². The number of methoxy groups -OCH3 is 1. The molecule has 1 N–H and O–H groups in total. The van der Waals surface area contributed by atoms with Gasteiger partial charge < -0.3 is 10.1 Å². The van der Waals surface area contributed by atoms with Crippen molar-refractivity contribution in [1.29, 1.82) is 0 Å². The molecule has 24 heavy (non-hydrogen) atoms. The van der Waals surface area contributed by atoms with Crippen LogP contribution in [-0.4, -0.2) is 24.0 Å². The van der Waals surface area contributed by atoms with E-state index in [0.717, 1.165) is 11.1 Å². The Morgan fingerprint density at radius 1 is 1.29 bits per heavy atom. The van der Waals surface area contributed by atoms with Crippen molar-refractivity contribution in [3.63, 3.8) is 0 Å². The first-order chi connectivity index (χ1) is 11.6. The fourth-order valence-electron chi connectivity index (χ4n) is 2.80. The van der Waals surface area contributed by atoms with Crippen LogP contribution in [0.25, 0.3) is 0 Å². The Morgan fingerprint density at radius 3 is 2.67 bits per heavy atom. The molecule has 1 atom stereocenters. The van der Waals surface area contributed by atoms with Crippen molar-refractivity contribution in [2.45, 2.75) is 19.5 Å². The highest BCUT2D eigenvalue weighted by molar-refractivity contribution is 7.08. The summed E-state index contributed by atoms with van der Waals surface area (Å²) in [5.74, 6) is -0.429. The van der Waals surface area contributed by atoms with E-state index < -0.39 is 12.0 Å². The maximum Gasteiger partial charge on any atom is 0.337 e. The van der Waals surface area contributed by atoms with Crippen LogP contribution in [0.4, 0.5) is 4.79 Å². The maximum absolute atomic E-state index is 12.6. The molecule has 5 nitrogen and oxygen atoms in total. The number of urea groups is 1. The van der Waals surface area contributed by atoms with Gasteiger partial charge in [0, 0.05) is 5.70 Å². The lowest BCUT2D eigenvalue weighted by molar-refractivity contribution is -0.136. The first-order valence-electron chi connectivity index (χ1n) is 7.55. The Hall–Kier alpha value is -2.60. The monoisotopic (exact) mass is 342 g/mol. The number of rotatable bonds is 4. The molecule has 6 heteroatoms. The van der Waals surface area contributed by atoms with Crippen molar-refractivity contribution in [1.82, 2.24) is 10.2 Å². The van der Waals surface area contributed by atoms with E-state index in [9.17, 15) is 9.59 Å². The first-order valence-corrected chi connectivity index (χ1v) is 8.49. The molecule has 1 unspecified atom stereocenters. The van der Waals surface area contributed by atoms with Crippen LogP contribution in [0.15, 0.2) is 58.4 Å². The second-order valence-electron chi connectivity index (χ2n) is 5.50. The van der Waals surface area contributed by atoms with Crippen molar-refractivity contribution in [2.24, 2.45) is 0 Å². The summed E-state index contributed by atoms with van der Waals surface area (Å²) in [6.07, 6.45) is 0. The van der Waals surface area contributed by atoms with Gasteiger partial charge in [-0.1, -0.05) is 30.3 Å². The molecule has 1 aromatic heterocycles. The quantitative estimate of drug-likeness (QED) is 0.866. The summed E-state index contributed by atoms with van der Waals surface area (Å²) in [6.45, 7) is 2.18. The molecular weight excluding hydrogens is 324 g/mol. The Kier molecular flexibility index (Phi) is 4.66. The third kappa shape index (κ3) is 3.05. The second-order valence-corrected chi connectivity index (χ2v) is 6.28. The zero-order chi connectivity index (χ0) is 17.1. The van der Waals surface area contributed by atoms with E-state index in [2.05, 4.69) is 5.32 Å². The van der Waals surface area contributed by atoms with Crippen molar-refractivity contribution in [2.75, 3.05) is 7.11 Å². The van der Waals surface area contributed by atoms with Crippen LogP contribution >= 0.6 is 11.3 Å². The number of hydrogen-bond acceptors (Lipinski definition) is 4. The van der Waals surface area contributed by atoms with Crippen molar-refractivity contribution < 1.29 is 14.3 Å². The highest BCUT2D eigenvalue weighted by Gasteiger charge is 2.36. The number of carbonyl (C=O) groups excluding carboxylic acids is 2. The van der Waals surface area contributed by atoms with E-state index in [1.807, 2.05) is 47.2 Å². The number of ether oxygens (including phenoxy) is 1. The third-order valence-corrected chi connectivity index (χ3v) is 4.76. The molecule has 1 aromatic carbocycles. The van der Waals surface area contributed by atoms with Crippen LogP contribution < -0.4 is 5.32 Å². The molecule has 0 fully saturated rings. The van der Waals surface area contributed by atoms with Crippen LogP contribution in [0.2, 0.25) is 0 Å². The van der Waals surface area contributed by atoms with Gasteiger partial charge in [-0.15, -0.1) is 0 Å². The molecule has 0 radical (unpaired) electrons. The van der Waals surface area contributed by atoms with E-state index in [1.165, 1.54) is 18.4 Å². The molecule has 3 rings (SSSR count). The van der Waals surface area contributed by atoms with Gasteiger partial charge in [0.1, 0.15) is 0 Å². The number of hydrogen-bond donors (Lipinski definition) is 1. The highest BCUT2D eigenvalue weighted by Crippen LogP contribution is 2.32. The standard InChI is InChI=1S/C18H18N2O3S/c1-12-15(17(21)23-2)16(14-8-9-24-11-14)19-18(22)20(12)10-13-6-4-3-5-7-13/h3-9,11,16H,10H2,1-2H3,(H,19,22). The smallest absolute Gasteiger partial charge is 0.337 e. The minimum absolute atomic E-state index is 0.222. The highest BCUT2D eigenvalue weighted by atomic mass is 32.1. The number of esters is 1. The number of amides is 2. The zero-order valence-corrected chi connectivity index (χ0v) is 14.3. The molecule has 0 aliphatic carbocycles. The predicted octanol–water partition coefficient (Wildman–Crippen LogP) is 3.46. The minimum atomic E-state index is -0.483. The summed E-state index contributed by atoms with van der Waals surface area (Å²) < 4.78 is 4.95. The number of allylic oxidation sites excluding steroid dienone is 1. The largest absolute Gasteiger partial charge is 0.466 e. The van der Waals surface area contributed by atoms with Crippen LogP contribution in [0, 0.1) is 0 Å². The van der Waals surface area contributed by atoms with Gasteiger partial charge in [0.2, 0.25) is 0 Å². The summed E-state index contributed by atoms with van der Waals surface area (Å²) in [7, 11) is 1.35. The normalized spacial score (nSPS) is 17.7. The van der Waals surface area contributed by atoms with Gasteiger partial charge in [0.25, 0.3) is 0 Å². The number of benzene rings is 1. The average molecular weight is 342 g/mol. The number of nitrogens with one attached hydrogen (secondary N) is 1. The molecule has 2 aromatic rings. The molecule has 0 saturated heterocycles. The van der Waals surface area contributed by atoms with Crippen molar-refractivity contribution in [3.05, 3.63) is 69.6 Å². The Balaban J connectivity index is 2.00. The fourth-order valence-corrected chi connectivity index (χ4v) is 3.49. The van der Waals surface area contributed by atoms with E-state index in [1.54, 1.807) is 11.8 Å². The SMILES string of the molecule is COC(=O)C1=C(C)N(Cc2ccccc2)C(=O)NC1c1ccsc1. The molecule has 0 spiro atoms. The molecular formula is C18H18N2O3S. The van der Waals surface area contributed by atoms with Gasteiger partial charge in [-0.2, -0.15) is 11.3 Å². The van der Waals surface area contributed by atoms with Crippen LogP contribution in [0.5, 0.6) is 0 Å². The molecule has 124 valence electrons. The number of thiophene rings is 1. The van der Waals surface area contributed by atoms with Gasteiger partial charge in [0.15, 0.2) is 0 Å². The topological polar surface area (TPSA) is 58.6 Å². The van der Waals surface area contributed by atoms with Crippen molar-refractivity contribution in [3.8, 4) is 0 Å². The summed E-state index contributed by atoms with van der Waals surface area (Å²) in [5, 5.41) is 6.76. The van der Waals surface area contributed by atoms with Gasteiger partial charge in [-0.05, 0) is 34.9 Å². The van der Waals surface area contributed by atoms with E-state index in [0.29, 0.717) is 17.8 Å². The Bertz CT molecular complexity index is 769. The van der Waals surface area contributed by atoms with Crippen LogP contribution in [0.3, 0.4) is 0 Å². The first kappa shape index (κ1) is 16.3. The summed E-state index contributed by atoms with van der Waals surface area (Å²) in [5.41, 5.74) is 2.95. The van der Waals surface area contributed by atoms with E-state index in [4.69, 9.17) is 4.74 Å². The maximum atomic E-state index is 12.6. The zero-order valence-electron chi connectivity index (χ0n) is 13.5. The summed E-state index contributed by atoms with van der Waals surface area (Å²) >= 11 is 1.52. The Morgan fingerprint density at radius 2 is 2.04 bits per heavy atom. The molecule has 1 aliphatic heterocycles. The minimum Gasteiger partial charge on any atom is -0.466 e.